The Bertz CT molecular complexity index is 1020. The van der Waals surface area contributed by atoms with E-state index in [1.807, 2.05) is 72.3 Å². The maximum absolute atomic E-state index is 12.5. The highest BCUT2D eigenvalue weighted by Crippen LogP contribution is 2.19. The summed E-state index contributed by atoms with van der Waals surface area (Å²) in [7, 11) is 0. The molecule has 0 fully saturated rings. The van der Waals surface area contributed by atoms with Crippen molar-refractivity contribution in [3.8, 4) is 16.9 Å². The highest BCUT2D eigenvalue weighted by Gasteiger charge is 2.14. The van der Waals surface area contributed by atoms with Crippen molar-refractivity contribution in [3.05, 3.63) is 90.6 Å². The summed E-state index contributed by atoms with van der Waals surface area (Å²) in [6, 6.07) is 19.4. The Labute approximate surface area is 156 Å². The molecule has 0 aliphatic carbocycles. The molecule has 0 saturated heterocycles. The van der Waals surface area contributed by atoms with Crippen LogP contribution in [0.3, 0.4) is 0 Å². The summed E-state index contributed by atoms with van der Waals surface area (Å²) in [5.74, 6) is -0.184. The number of aromatic amines is 1. The van der Waals surface area contributed by atoms with Crippen molar-refractivity contribution in [2.24, 2.45) is 0 Å². The van der Waals surface area contributed by atoms with Gasteiger partial charge in [0.15, 0.2) is 0 Å². The Balaban J connectivity index is 1.44. The van der Waals surface area contributed by atoms with Gasteiger partial charge < -0.3 is 9.88 Å². The SMILES string of the molecule is C[C@H](NC(=O)c1cc(-c2ccccc2)n[nH]1)c1ccc(-n2ccnc2)cc1. The number of hydrogen-bond donors (Lipinski definition) is 2. The largest absolute Gasteiger partial charge is 0.344 e. The van der Waals surface area contributed by atoms with Crippen LogP contribution in [0.5, 0.6) is 0 Å². The molecule has 0 saturated carbocycles. The fourth-order valence-electron chi connectivity index (χ4n) is 2.90. The molecule has 2 aromatic carbocycles. The Morgan fingerprint density at radius 2 is 1.89 bits per heavy atom. The molecule has 1 amide bonds. The fourth-order valence-corrected chi connectivity index (χ4v) is 2.90. The molecule has 6 heteroatoms. The number of hydrogen-bond acceptors (Lipinski definition) is 3. The summed E-state index contributed by atoms with van der Waals surface area (Å²) < 4.78 is 1.93. The quantitative estimate of drug-likeness (QED) is 0.571. The molecule has 2 heterocycles. The highest BCUT2D eigenvalue weighted by atomic mass is 16.2. The van der Waals surface area contributed by atoms with E-state index in [1.165, 1.54) is 0 Å². The second-order valence-corrected chi connectivity index (χ2v) is 6.29. The van der Waals surface area contributed by atoms with Gasteiger partial charge in [0.2, 0.25) is 0 Å². The van der Waals surface area contributed by atoms with Crippen molar-refractivity contribution < 1.29 is 4.79 Å². The number of nitrogens with one attached hydrogen (secondary N) is 2. The number of carbonyl (C=O) groups excluding carboxylic acids is 1. The van der Waals surface area contributed by atoms with E-state index in [-0.39, 0.29) is 11.9 Å². The second-order valence-electron chi connectivity index (χ2n) is 6.29. The van der Waals surface area contributed by atoms with Crippen LogP contribution in [-0.2, 0) is 0 Å². The number of aromatic nitrogens is 4. The molecular weight excluding hydrogens is 338 g/mol. The van der Waals surface area contributed by atoms with Crippen LogP contribution in [0.15, 0.2) is 79.4 Å². The van der Waals surface area contributed by atoms with Gasteiger partial charge in [-0.1, -0.05) is 42.5 Å². The maximum Gasteiger partial charge on any atom is 0.269 e. The van der Waals surface area contributed by atoms with Crippen LogP contribution >= 0.6 is 0 Å². The predicted molar refractivity (Wildman–Crippen MR) is 103 cm³/mol. The molecule has 2 N–H and O–H groups in total. The molecule has 4 aromatic rings. The van der Waals surface area contributed by atoms with Crippen molar-refractivity contribution in [3.63, 3.8) is 0 Å². The number of rotatable bonds is 5. The third kappa shape index (κ3) is 3.64. The molecule has 0 aliphatic rings. The maximum atomic E-state index is 12.5. The van der Waals surface area contributed by atoms with Gasteiger partial charge in [0.25, 0.3) is 5.91 Å². The monoisotopic (exact) mass is 357 g/mol. The van der Waals surface area contributed by atoms with Gasteiger partial charge in [-0.15, -0.1) is 0 Å². The number of amides is 1. The molecule has 0 aliphatic heterocycles. The van der Waals surface area contributed by atoms with Crippen LogP contribution in [0.1, 0.15) is 29.0 Å². The molecular formula is C21H19N5O. The van der Waals surface area contributed by atoms with Gasteiger partial charge in [-0.25, -0.2) is 4.98 Å². The second kappa shape index (κ2) is 7.29. The normalized spacial score (nSPS) is 11.9. The minimum atomic E-state index is -0.184. The average Bonchev–Trinajstić information content (AvgIpc) is 3.41. The Hall–Kier alpha value is -3.67. The van der Waals surface area contributed by atoms with E-state index in [4.69, 9.17) is 0 Å². The summed E-state index contributed by atoms with van der Waals surface area (Å²) in [4.78, 5) is 16.6. The van der Waals surface area contributed by atoms with Gasteiger partial charge in [-0.05, 0) is 30.7 Å². The van der Waals surface area contributed by atoms with Gasteiger partial charge in [-0.2, -0.15) is 5.10 Å². The highest BCUT2D eigenvalue weighted by molar-refractivity contribution is 5.93. The lowest BCUT2D eigenvalue weighted by Gasteiger charge is -2.14. The topological polar surface area (TPSA) is 75.6 Å². The molecule has 0 bridgehead atoms. The molecule has 0 spiro atoms. The van der Waals surface area contributed by atoms with Gasteiger partial charge in [0, 0.05) is 23.6 Å². The standard InChI is InChI=1S/C21H19N5O/c1-15(16-7-9-18(10-8-16)26-12-11-22-14-26)23-21(27)20-13-19(24-25-20)17-5-3-2-4-6-17/h2-15H,1H3,(H,23,27)(H,24,25)/t15-/m0/s1. The number of carbonyl (C=O) groups is 1. The van der Waals surface area contributed by atoms with E-state index in [9.17, 15) is 4.79 Å². The number of nitrogens with zero attached hydrogens (tertiary/aromatic N) is 3. The lowest BCUT2D eigenvalue weighted by molar-refractivity contribution is 0.0935. The molecule has 27 heavy (non-hydrogen) atoms. The molecule has 2 aromatic heterocycles. The smallest absolute Gasteiger partial charge is 0.269 e. The van der Waals surface area contributed by atoms with Gasteiger partial charge >= 0.3 is 0 Å². The Kier molecular flexibility index (Phi) is 4.53. The summed E-state index contributed by atoms with van der Waals surface area (Å²) in [5.41, 5.74) is 4.20. The summed E-state index contributed by atoms with van der Waals surface area (Å²) >= 11 is 0. The zero-order valence-electron chi connectivity index (χ0n) is 14.8. The third-order valence-corrected chi connectivity index (χ3v) is 4.44. The van der Waals surface area contributed by atoms with Crippen molar-refractivity contribution in [1.82, 2.24) is 25.1 Å². The Morgan fingerprint density at radius 1 is 1.11 bits per heavy atom. The lowest BCUT2D eigenvalue weighted by Crippen LogP contribution is -2.26. The van der Waals surface area contributed by atoms with E-state index in [2.05, 4.69) is 20.5 Å². The predicted octanol–water partition coefficient (Wildman–Crippen LogP) is 3.75. The van der Waals surface area contributed by atoms with Crippen molar-refractivity contribution >= 4 is 5.91 Å². The fraction of sp³-hybridized carbons (Fsp3) is 0.0952. The molecule has 134 valence electrons. The average molecular weight is 357 g/mol. The van der Waals surface area contributed by atoms with Crippen LogP contribution in [0.25, 0.3) is 16.9 Å². The van der Waals surface area contributed by atoms with Gasteiger partial charge in [-0.3, -0.25) is 9.89 Å². The van der Waals surface area contributed by atoms with Crippen molar-refractivity contribution in [2.45, 2.75) is 13.0 Å². The first-order valence-corrected chi connectivity index (χ1v) is 8.71. The minimum absolute atomic E-state index is 0.127. The van der Waals surface area contributed by atoms with E-state index in [0.717, 1.165) is 22.5 Å². The molecule has 6 nitrogen and oxygen atoms in total. The summed E-state index contributed by atoms with van der Waals surface area (Å²) in [5, 5.41) is 10.1. The van der Waals surface area contributed by atoms with Gasteiger partial charge in [0.1, 0.15) is 5.69 Å². The number of imidazole rings is 1. The molecule has 0 unspecified atom stereocenters. The first-order chi connectivity index (χ1) is 13.2. The van der Waals surface area contributed by atoms with E-state index >= 15 is 0 Å². The summed E-state index contributed by atoms with van der Waals surface area (Å²) in [6.07, 6.45) is 5.39. The van der Waals surface area contributed by atoms with Crippen LogP contribution < -0.4 is 5.32 Å². The van der Waals surface area contributed by atoms with Crippen LogP contribution in [0, 0.1) is 0 Å². The Morgan fingerprint density at radius 3 is 2.59 bits per heavy atom. The number of benzene rings is 2. The van der Waals surface area contributed by atoms with Crippen LogP contribution in [0.2, 0.25) is 0 Å². The van der Waals surface area contributed by atoms with Crippen molar-refractivity contribution in [1.29, 1.82) is 0 Å². The molecule has 1 atom stereocenters. The zero-order chi connectivity index (χ0) is 18.6. The van der Waals surface area contributed by atoms with E-state index in [1.54, 1.807) is 18.6 Å². The third-order valence-electron chi connectivity index (χ3n) is 4.44. The van der Waals surface area contributed by atoms with Gasteiger partial charge in [0.05, 0.1) is 18.1 Å². The minimum Gasteiger partial charge on any atom is -0.344 e. The molecule has 4 rings (SSSR count). The number of H-pyrrole nitrogens is 1. The van der Waals surface area contributed by atoms with E-state index < -0.39 is 0 Å². The summed E-state index contributed by atoms with van der Waals surface area (Å²) in [6.45, 7) is 1.96. The van der Waals surface area contributed by atoms with Crippen LogP contribution in [0.4, 0.5) is 0 Å². The first-order valence-electron chi connectivity index (χ1n) is 8.71. The van der Waals surface area contributed by atoms with Crippen LogP contribution in [-0.4, -0.2) is 25.7 Å². The lowest BCUT2D eigenvalue weighted by atomic mass is 10.1. The van der Waals surface area contributed by atoms with Crippen molar-refractivity contribution in [2.75, 3.05) is 0 Å². The van der Waals surface area contributed by atoms with E-state index in [0.29, 0.717) is 5.69 Å². The first kappa shape index (κ1) is 16.8. The zero-order valence-corrected chi connectivity index (χ0v) is 14.8. The molecule has 0 radical (unpaired) electrons.